The Morgan fingerprint density at radius 1 is 1.73 bits per heavy atom. The second kappa shape index (κ2) is 3.93. The highest BCUT2D eigenvalue weighted by Crippen LogP contribution is 2.15. The zero-order valence-electron chi connectivity index (χ0n) is 6.29. The van der Waals surface area contributed by atoms with Crippen molar-refractivity contribution in [3.8, 4) is 0 Å². The highest BCUT2D eigenvalue weighted by atomic mass is 35.5. The van der Waals surface area contributed by atoms with Crippen molar-refractivity contribution in [2.45, 2.75) is 6.42 Å². The predicted octanol–water partition coefficient (Wildman–Crippen LogP) is 0.632. The van der Waals surface area contributed by atoms with Gasteiger partial charge in [0, 0.05) is 19.0 Å². The Labute approximate surface area is 70.9 Å². The third-order valence-electron chi connectivity index (χ3n) is 2.02. The molecule has 1 aliphatic rings. The Kier molecular flexibility index (Phi) is 3.15. The van der Waals surface area contributed by atoms with Gasteiger partial charge in [0.05, 0.1) is 5.92 Å². The van der Waals surface area contributed by atoms with Gasteiger partial charge in [-0.2, -0.15) is 0 Å². The smallest absolute Gasteiger partial charge is 0.307 e. The first-order chi connectivity index (χ1) is 5.24. The van der Waals surface area contributed by atoms with Gasteiger partial charge in [-0.1, -0.05) is 0 Å². The Morgan fingerprint density at radius 2 is 2.45 bits per heavy atom. The molecule has 1 saturated heterocycles. The van der Waals surface area contributed by atoms with Gasteiger partial charge in [-0.25, -0.2) is 0 Å². The Balaban J connectivity index is 2.29. The molecule has 0 aliphatic carbocycles. The maximum absolute atomic E-state index is 10.5. The number of aliphatic carboxylic acids is 1. The van der Waals surface area contributed by atoms with Crippen molar-refractivity contribution >= 4 is 17.6 Å². The SMILES string of the molecule is O=C(O)[C@H]1CCN(CCCl)C1. The maximum Gasteiger partial charge on any atom is 0.307 e. The molecule has 1 aliphatic heterocycles. The summed E-state index contributed by atoms with van der Waals surface area (Å²) < 4.78 is 0. The molecule has 3 nitrogen and oxygen atoms in total. The molecule has 0 saturated carbocycles. The van der Waals surface area contributed by atoms with Crippen molar-refractivity contribution in [2.75, 3.05) is 25.5 Å². The number of carboxylic acid groups (broad SMARTS) is 1. The molecule has 1 N–H and O–H groups in total. The normalized spacial score (nSPS) is 25.7. The fourth-order valence-electron chi connectivity index (χ4n) is 1.36. The lowest BCUT2D eigenvalue weighted by Gasteiger charge is -2.11. The van der Waals surface area contributed by atoms with Gasteiger partial charge in [0.25, 0.3) is 0 Å². The van der Waals surface area contributed by atoms with Gasteiger partial charge in [0.15, 0.2) is 0 Å². The molecule has 0 aromatic rings. The Hall–Kier alpha value is -0.280. The molecule has 1 heterocycles. The minimum Gasteiger partial charge on any atom is -0.481 e. The average molecular weight is 178 g/mol. The van der Waals surface area contributed by atoms with E-state index in [1.165, 1.54) is 0 Å². The average Bonchev–Trinajstić information content (AvgIpc) is 2.37. The predicted molar refractivity (Wildman–Crippen MR) is 42.9 cm³/mol. The summed E-state index contributed by atoms with van der Waals surface area (Å²) >= 11 is 5.52. The fourth-order valence-corrected chi connectivity index (χ4v) is 1.60. The molecule has 0 aromatic heterocycles. The van der Waals surface area contributed by atoms with E-state index in [4.69, 9.17) is 16.7 Å². The van der Waals surface area contributed by atoms with Gasteiger partial charge in [-0.15, -0.1) is 11.6 Å². The summed E-state index contributed by atoms with van der Waals surface area (Å²) in [6, 6.07) is 0. The van der Waals surface area contributed by atoms with Crippen LogP contribution in [0.2, 0.25) is 0 Å². The standard InChI is InChI=1S/C7H12ClNO2/c8-2-4-9-3-1-6(5-9)7(10)11/h6H,1-5H2,(H,10,11)/t6-/m0/s1. The third kappa shape index (κ3) is 2.34. The Morgan fingerprint density at radius 3 is 2.91 bits per heavy atom. The molecule has 1 atom stereocenters. The number of hydrogen-bond donors (Lipinski definition) is 1. The maximum atomic E-state index is 10.5. The van der Waals surface area contributed by atoms with Gasteiger partial charge < -0.3 is 10.0 Å². The summed E-state index contributed by atoms with van der Waals surface area (Å²) in [7, 11) is 0. The quantitative estimate of drug-likeness (QED) is 0.643. The van der Waals surface area contributed by atoms with Crippen LogP contribution < -0.4 is 0 Å². The number of alkyl halides is 1. The molecule has 0 amide bonds. The van der Waals surface area contributed by atoms with Crippen molar-refractivity contribution in [1.29, 1.82) is 0 Å². The van der Waals surface area contributed by atoms with Crippen LogP contribution in [0.5, 0.6) is 0 Å². The molecular formula is C7H12ClNO2. The van der Waals surface area contributed by atoms with Crippen LogP contribution in [0.15, 0.2) is 0 Å². The van der Waals surface area contributed by atoms with Gasteiger partial charge >= 0.3 is 5.97 Å². The van der Waals surface area contributed by atoms with Crippen molar-refractivity contribution in [3.63, 3.8) is 0 Å². The van der Waals surface area contributed by atoms with Crippen molar-refractivity contribution in [3.05, 3.63) is 0 Å². The van der Waals surface area contributed by atoms with Crippen LogP contribution in [-0.4, -0.2) is 41.5 Å². The summed E-state index contributed by atoms with van der Waals surface area (Å²) in [6.07, 6.45) is 0.770. The molecule has 0 unspecified atom stereocenters. The van der Waals surface area contributed by atoms with Gasteiger partial charge in [0.2, 0.25) is 0 Å². The third-order valence-corrected chi connectivity index (χ3v) is 2.19. The monoisotopic (exact) mass is 177 g/mol. The molecule has 1 rings (SSSR count). The first-order valence-electron chi connectivity index (χ1n) is 3.75. The molecule has 1 fully saturated rings. The first kappa shape index (κ1) is 8.81. The first-order valence-corrected chi connectivity index (χ1v) is 4.28. The molecule has 4 heteroatoms. The largest absolute Gasteiger partial charge is 0.481 e. The van der Waals surface area contributed by atoms with Crippen molar-refractivity contribution in [1.82, 2.24) is 4.90 Å². The van der Waals surface area contributed by atoms with Crippen molar-refractivity contribution < 1.29 is 9.90 Å². The van der Waals surface area contributed by atoms with Crippen LogP contribution in [0, 0.1) is 5.92 Å². The van der Waals surface area contributed by atoms with E-state index >= 15 is 0 Å². The number of carbonyl (C=O) groups is 1. The summed E-state index contributed by atoms with van der Waals surface area (Å²) in [4.78, 5) is 12.6. The van der Waals surface area contributed by atoms with E-state index in [-0.39, 0.29) is 5.92 Å². The minimum absolute atomic E-state index is 0.168. The van der Waals surface area contributed by atoms with Crippen LogP contribution in [0.1, 0.15) is 6.42 Å². The highest BCUT2D eigenvalue weighted by Gasteiger charge is 2.26. The zero-order chi connectivity index (χ0) is 8.27. The van der Waals surface area contributed by atoms with Gasteiger partial charge in [0.1, 0.15) is 0 Å². The molecule has 64 valence electrons. The van der Waals surface area contributed by atoms with E-state index in [0.29, 0.717) is 12.4 Å². The van der Waals surface area contributed by atoms with Crippen LogP contribution in [0.3, 0.4) is 0 Å². The van der Waals surface area contributed by atoms with E-state index < -0.39 is 5.97 Å². The Bertz CT molecular complexity index is 151. The van der Waals surface area contributed by atoms with Gasteiger partial charge in [-0.05, 0) is 13.0 Å². The lowest BCUT2D eigenvalue weighted by atomic mass is 10.1. The molecule has 0 spiro atoms. The van der Waals surface area contributed by atoms with Crippen LogP contribution in [0.25, 0.3) is 0 Å². The summed E-state index contributed by atoms with van der Waals surface area (Å²) in [5.74, 6) is -0.257. The molecule has 0 radical (unpaired) electrons. The van der Waals surface area contributed by atoms with Gasteiger partial charge in [-0.3, -0.25) is 4.79 Å². The molecule has 0 aromatic carbocycles. The second-order valence-electron chi connectivity index (χ2n) is 2.81. The lowest BCUT2D eigenvalue weighted by molar-refractivity contribution is -0.141. The summed E-state index contributed by atoms with van der Waals surface area (Å²) in [6.45, 7) is 2.36. The molecular weight excluding hydrogens is 166 g/mol. The van der Waals surface area contributed by atoms with E-state index in [1.807, 2.05) is 0 Å². The topological polar surface area (TPSA) is 40.5 Å². The van der Waals surface area contributed by atoms with Crippen LogP contribution in [0.4, 0.5) is 0 Å². The number of rotatable bonds is 3. The van der Waals surface area contributed by atoms with E-state index in [0.717, 1.165) is 19.5 Å². The highest BCUT2D eigenvalue weighted by molar-refractivity contribution is 6.18. The summed E-state index contributed by atoms with van der Waals surface area (Å²) in [5, 5.41) is 8.64. The summed E-state index contributed by atoms with van der Waals surface area (Å²) in [5.41, 5.74) is 0. The van der Waals surface area contributed by atoms with Crippen LogP contribution in [-0.2, 0) is 4.79 Å². The number of likely N-dealkylation sites (tertiary alicyclic amines) is 1. The van der Waals surface area contributed by atoms with E-state index in [9.17, 15) is 4.79 Å². The van der Waals surface area contributed by atoms with E-state index in [1.54, 1.807) is 0 Å². The minimum atomic E-state index is -0.679. The lowest BCUT2D eigenvalue weighted by Crippen LogP contribution is -2.24. The zero-order valence-corrected chi connectivity index (χ0v) is 7.05. The fraction of sp³-hybridized carbons (Fsp3) is 0.857. The number of hydrogen-bond acceptors (Lipinski definition) is 2. The molecule has 0 bridgehead atoms. The molecule has 11 heavy (non-hydrogen) atoms. The number of halogens is 1. The number of nitrogens with zero attached hydrogens (tertiary/aromatic N) is 1. The second-order valence-corrected chi connectivity index (χ2v) is 3.19. The van der Waals surface area contributed by atoms with Crippen LogP contribution >= 0.6 is 11.6 Å². The van der Waals surface area contributed by atoms with Crippen molar-refractivity contribution in [2.24, 2.45) is 5.92 Å². The van der Waals surface area contributed by atoms with E-state index in [2.05, 4.69) is 4.90 Å². The number of carboxylic acids is 1.